The van der Waals surface area contributed by atoms with Gasteiger partial charge in [-0.3, -0.25) is 0 Å². The van der Waals surface area contributed by atoms with Crippen molar-refractivity contribution in [2.75, 3.05) is 0 Å². The van der Waals surface area contributed by atoms with Gasteiger partial charge in [0.1, 0.15) is 5.75 Å². The summed E-state index contributed by atoms with van der Waals surface area (Å²) in [6.45, 7) is 3.10. The zero-order valence-electron chi connectivity index (χ0n) is 20.5. The van der Waals surface area contributed by atoms with Crippen molar-refractivity contribution < 1.29 is 44.6 Å². The summed E-state index contributed by atoms with van der Waals surface area (Å²) in [5.41, 5.74) is -1.10. The van der Waals surface area contributed by atoms with Gasteiger partial charge in [-0.05, 0) is 68.2 Å². The Labute approximate surface area is 214 Å². The van der Waals surface area contributed by atoms with Crippen LogP contribution in [0, 0.1) is 41.9 Å². The highest BCUT2D eigenvalue weighted by molar-refractivity contribution is 5.72. The van der Waals surface area contributed by atoms with Crippen LogP contribution in [-0.2, 0) is 0 Å². The third-order valence-corrected chi connectivity index (χ3v) is 6.99. The average Bonchev–Trinajstić information content (AvgIpc) is 2.88. The standard InChI is InChI=1S/C28H24F8O2/c1-3-15-8-10-16(11-9-15)22-25(33)23(31)14(2)24(32)27(22)37-21-7-5-4-6-18(21)17-12-19(29)26(20(30)13-17)38-28(34,35)36/h4-7,12-13,15-16H,3,8-11H2,1-2H3/t15-,16-. The van der Waals surface area contributed by atoms with Gasteiger partial charge in [0.15, 0.2) is 34.8 Å². The molecule has 4 rings (SSSR count). The fraction of sp³-hybridized carbons (Fsp3) is 0.357. The number of hydrogen-bond donors (Lipinski definition) is 0. The maximum absolute atomic E-state index is 15.4. The number of benzene rings is 3. The second kappa shape index (κ2) is 10.8. The molecule has 1 saturated carbocycles. The predicted octanol–water partition coefficient (Wildman–Crippen LogP) is 9.73. The first-order valence-electron chi connectivity index (χ1n) is 12.1. The maximum Gasteiger partial charge on any atom is 0.573 e. The Balaban J connectivity index is 1.78. The van der Waals surface area contributed by atoms with Gasteiger partial charge in [0.2, 0.25) is 5.75 Å². The van der Waals surface area contributed by atoms with Crippen LogP contribution in [0.3, 0.4) is 0 Å². The molecule has 1 aliphatic carbocycles. The van der Waals surface area contributed by atoms with E-state index < -0.39 is 58.4 Å². The Morgan fingerprint density at radius 2 is 1.42 bits per heavy atom. The lowest BCUT2D eigenvalue weighted by Gasteiger charge is -2.30. The smallest absolute Gasteiger partial charge is 0.453 e. The molecule has 10 heteroatoms. The van der Waals surface area contributed by atoms with Crippen molar-refractivity contribution in [1.29, 1.82) is 0 Å². The first-order chi connectivity index (χ1) is 17.9. The lowest BCUT2D eigenvalue weighted by Crippen LogP contribution is -2.19. The molecule has 0 spiro atoms. The monoisotopic (exact) mass is 544 g/mol. The number of rotatable bonds is 6. The minimum atomic E-state index is -5.32. The zero-order valence-corrected chi connectivity index (χ0v) is 20.5. The van der Waals surface area contributed by atoms with Crippen LogP contribution in [0.15, 0.2) is 36.4 Å². The van der Waals surface area contributed by atoms with Gasteiger partial charge in [0, 0.05) is 16.7 Å². The van der Waals surface area contributed by atoms with Gasteiger partial charge < -0.3 is 9.47 Å². The first kappa shape index (κ1) is 27.7. The summed E-state index contributed by atoms with van der Waals surface area (Å²) in [6, 6.07) is 6.78. The third kappa shape index (κ3) is 5.59. The molecule has 1 fully saturated rings. The van der Waals surface area contributed by atoms with Gasteiger partial charge in [-0.15, -0.1) is 13.2 Å². The van der Waals surface area contributed by atoms with E-state index in [0.29, 0.717) is 30.9 Å². The van der Waals surface area contributed by atoms with Crippen LogP contribution < -0.4 is 9.47 Å². The van der Waals surface area contributed by atoms with Crippen molar-refractivity contribution in [3.8, 4) is 28.4 Å². The van der Waals surface area contributed by atoms with Gasteiger partial charge in [-0.2, -0.15) is 0 Å². The molecule has 38 heavy (non-hydrogen) atoms. The van der Waals surface area contributed by atoms with Crippen LogP contribution in [0.25, 0.3) is 11.1 Å². The molecule has 0 amide bonds. The molecule has 0 aliphatic heterocycles. The molecule has 1 aliphatic rings. The molecule has 0 radical (unpaired) electrons. The minimum Gasteiger partial charge on any atom is -0.453 e. The van der Waals surface area contributed by atoms with E-state index in [1.165, 1.54) is 24.3 Å². The van der Waals surface area contributed by atoms with E-state index in [4.69, 9.17) is 4.74 Å². The lowest BCUT2D eigenvalue weighted by atomic mass is 9.77. The second-order valence-corrected chi connectivity index (χ2v) is 9.35. The molecule has 3 aromatic carbocycles. The van der Waals surface area contributed by atoms with E-state index in [1.807, 2.05) is 6.92 Å². The van der Waals surface area contributed by atoms with E-state index in [2.05, 4.69) is 4.74 Å². The van der Waals surface area contributed by atoms with Crippen molar-refractivity contribution in [2.45, 2.75) is 58.2 Å². The number of para-hydroxylation sites is 1. The molecule has 0 bridgehead atoms. The van der Waals surface area contributed by atoms with Crippen LogP contribution in [0.5, 0.6) is 17.2 Å². The number of halogens is 8. The molecule has 0 aromatic heterocycles. The van der Waals surface area contributed by atoms with Crippen LogP contribution >= 0.6 is 0 Å². The summed E-state index contributed by atoms with van der Waals surface area (Å²) in [5.74, 6) is -9.33. The largest absolute Gasteiger partial charge is 0.573 e. The van der Waals surface area contributed by atoms with Crippen molar-refractivity contribution in [3.63, 3.8) is 0 Å². The van der Waals surface area contributed by atoms with Gasteiger partial charge in [-0.25, -0.2) is 22.0 Å². The van der Waals surface area contributed by atoms with E-state index in [9.17, 15) is 26.3 Å². The van der Waals surface area contributed by atoms with Gasteiger partial charge in [0.25, 0.3) is 0 Å². The Morgan fingerprint density at radius 3 is 2.00 bits per heavy atom. The van der Waals surface area contributed by atoms with Crippen LogP contribution in [0.4, 0.5) is 35.1 Å². The minimum absolute atomic E-state index is 0.0220. The molecule has 0 heterocycles. The summed E-state index contributed by atoms with van der Waals surface area (Å²) in [6.07, 6.45) is -1.91. The number of hydrogen-bond acceptors (Lipinski definition) is 2. The van der Waals surface area contributed by atoms with Crippen molar-refractivity contribution in [2.24, 2.45) is 5.92 Å². The van der Waals surface area contributed by atoms with E-state index >= 15 is 8.78 Å². The highest BCUT2D eigenvalue weighted by atomic mass is 19.4. The fourth-order valence-corrected chi connectivity index (χ4v) is 4.92. The third-order valence-electron chi connectivity index (χ3n) is 6.99. The highest BCUT2D eigenvalue weighted by Crippen LogP contribution is 2.46. The lowest BCUT2D eigenvalue weighted by molar-refractivity contribution is -0.276. The molecule has 0 atom stereocenters. The summed E-state index contributed by atoms with van der Waals surface area (Å²) < 4.78 is 121. The normalized spacial score (nSPS) is 17.9. The Bertz CT molecular complexity index is 1300. The summed E-state index contributed by atoms with van der Waals surface area (Å²) in [5, 5.41) is 0. The highest BCUT2D eigenvalue weighted by Gasteiger charge is 2.35. The van der Waals surface area contributed by atoms with Gasteiger partial charge in [0.05, 0.1) is 0 Å². The second-order valence-electron chi connectivity index (χ2n) is 9.35. The topological polar surface area (TPSA) is 18.5 Å². The summed E-state index contributed by atoms with van der Waals surface area (Å²) in [7, 11) is 0. The average molecular weight is 544 g/mol. The van der Waals surface area contributed by atoms with Gasteiger partial charge in [-0.1, -0.05) is 31.5 Å². The quantitative estimate of drug-likeness (QED) is 0.227. The van der Waals surface area contributed by atoms with E-state index in [-0.39, 0.29) is 22.4 Å². The number of alkyl halides is 3. The predicted molar refractivity (Wildman–Crippen MR) is 125 cm³/mol. The maximum atomic E-state index is 15.4. The van der Waals surface area contributed by atoms with Crippen LogP contribution in [0.1, 0.15) is 56.1 Å². The molecular formula is C28H24F8O2. The Kier molecular flexibility index (Phi) is 7.90. The molecule has 0 unspecified atom stereocenters. The molecule has 2 nitrogen and oxygen atoms in total. The molecule has 0 saturated heterocycles. The van der Waals surface area contributed by atoms with E-state index in [1.54, 1.807) is 0 Å². The van der Waals surface area contributed by atoms with Crippen molar-refractivity contribution in [1.82, 2.24) is 0 Å². The zero-order chi connectivity index (χ0) is 27.8. The van der Waals surface area contributed by atoms with Crippen LogP contribution in [0.2, 0.25) is 0 Å². The van der Waals surface area contributed by atoms with Crippen molar-refractivity contribution >= 4 is 0 Å². The Hall–Kier alpha value is -3.30. The van der Waals surface area contributed by atoms with Crippen molar-refractivity contribution in [3.05, 3.63) is 76.6 Å². The SMILES string of the molecule is CC[C@H]1CC[C@H](c2c(F)c(F)c(C)c(F)c2Oc2ccccc2-c2cc(F)c(OC(F)(F)F)c(F)c2)CC1. The fourth-order valence-electron chi connectivity index (χ4n) is 4.92. The molecule has 204 valence electrons. The molecular weight excluding hydrogens is 520 g/mol. The van der Waals surface area contributed by atoms with E-state index in [0.717, 1.165) is 26.2 Å². The molecule has 3 aromatic rings. The van der Waals surface area contributed by atoms with Crippen LogP contribution in [-0.4, -0.2) is 6.36 Å². The number of ether oxygens (including phenoxy) is 2. The Morgan fingerprint density at radius 1 is 0.816 bits per heavy atom. The molecule has 0 N–H and O–H groups in total. The summed E-state index contributed by atoms with van der Waals surface area (Å²) >= 11 is 0. The first-order valence-corrected chi connectivity index (χ1v) is 12.1. The summed E-state index contributed by atoms with van der Waals surface area (Å²) in [4.78, 5) is 0. The van der Waals surface area contributed by atoms with Gasteiger partial charge >= 0.3 is 6.36 Å².